The molecule has 0 radical (unpaired) electrons. The van der Waals surface area contributed by atoms with Crippen molar-refractivity contribution in [3.8, 4) is 0 Å². The van der Waals surface area contributed by atoms with Gasteiger partial charge in [-0.2, -0.15) is 0 Å². The van der Waals surface area contributed by atoms with Crippen LogP contribution in [0.2, 0.25) is 0 Å². The maximum absolute atomic E-state index is 13.2. The standard InChI is InChI=1S/C25H30N8OS/c1-16-4-5-20(13-27-16)29-25-28-12-19-14-32(15-22(19)30-25)21-7-9-33(17(2)10-21)24(34)18-6-8-26-23(11-18)31-35-3/h4-6,8,11-13,17,21H,7,9-10,14-15H2,1-3H3,(H,26,31)(H,28,29,30)/t17-,21-/m1/s1. The molecule has 3 aromatic heterocycles. The molecule has 1 amide bonds. The molecule has 0 aliphatic carbocycles. The highest BCUT2D eigenvalue weighted by Gasteiger charge is 2.35. The summed E-state index contributed by atoms with van der Waals surface area (Å²) in [5.74, 6) is 1.37. The summed E-state index contributed by atoms with van der Waals surface area (Å²) in [5, 5.41) is 3.25. The largest absolute Gasteiger partial charge is 0.336 e. The number of carbonyl (C=O) groups excluding carboxylic acids is 1. The van der Waals surface area contributed by atoms with E-state index in [1.54, 1.807) is 18.5 Å². The van der Waals surface area contributed by atoms with Crippen molar-refractivity contribution in [1.29, 1.82) is 0 Å². The SMILES string of the molecule is CSNc1cc(C(=O)N2CC[C@@H](N3Cc4cnc(Nc5ccc(C)nc5)nc4C3)C[C@H]2C)ccn1. The number of amides is 1. The van der Waals surface area contributed by atoms with Crippen LogP contribution in [-0.4, -0.2) is 60.5 Å². The van der Waals surface area contributed by atoms with E-state index in [9.17, 15) is 4.79 Å². The number of nitrogens with one attached hydrogen (secondary N) is 2. The van der Waals surface area contributed by atoms with E-state index >= 15 is 0 Å². The van der Waals surface area contributed by atoms with E-state index in [4.69, 9.17) is 4.98 Å². The lowest BCUT2D eigenvalue weighted by molar-refractivity contribution is 0.0460. The number of hydrogen-bond donors (Lipinski definition) is 2. The minimum atomic E-state index is 0.0689. The van der Waals surface area contributed by atoms with Crippen molar-refractivity contribution in [3.05, 3.63) is 65.4 Å². The third kappa shape index (κ3) is 5.23. The Kier molecular flexibility index (Phi) is 6.83. The van der Waals surface area contributed by atoms with Crippen LogP contribution in [-0.2, 0) is 13.1 Å². The van der Waals surface area contributed by atoms with Crippen molar-refractivity contribution in [2.45, 2.75) is 51.9 Å². The summed E-state index contributed by atoms with van der Waals surface area (Å²) in [6.07, 6.45) is 9.22. The average Bonchev–Trinajstić information content (AvgIpc) is 3.29. The molecule has 9 nitrogen and oxygen atoms in total. The fourth-order valence-electron chi connectivity index (χ4n) is 4.84. The second-order valence-corrected chi connectivity index (χ2v) is 9.76. The molecule has 2 aliphatic heterocycles. The Morgan fingerprint density at radius 2 is 2.03 bits per heavy atom. The number of likely N-dealkylation sites (tertiary alicyclic amines) is 1. The number of pyridine rings is 2. The molecular formula is C25H30N8OS. The monoisotopic (exact) mass is 490 g/mol. The number of rotatable bonds is 6. The van der Waals surface area contributed by atoms with Crippen LogP contribution in [0.4, 0.5) is 17.5 Å². The zero-order chi connectivity index (χ0) is 24.4. The smallest absolute Gasteiger partial charge is 0.254 e. The van der Waals surface area contributed by atoms with Gasteiger partial charge in [-0.3, -0.25) is 14.7 Å². The van der Waals surface area contributed by atoms with Crippen LogP contribution >= 0.6 is 11.9 Å². The quantitative estimate of drug-likeness (QED) is 0.496. The Labute approximate surface area is 209 Å². The van der Waals surface area contributed by atoms with Crippen LogP contribution in [0, 0.1) is 6.92 Å². The lowest BCUT2D eigenvalue weighted by atomic mass is 9.96. The molecule has 2 N–H and O–H groups in total. The first-order valence-corrected chi connectivity index (χ1v) is 13.1. The molecule has 1 saturated heterocycles. The molecule has 0 bridgehead atoms. The second-order valence-electron chi connectivity index (χ2n) is 9.15. The Bertz CT molecular complexity index is 1200. The first-order valence-electron chi connectivity index (χ1n) is 11.8. The molecule has 10 heteroatoms. The summed E-state index contributed by atoms with van der Waals surface area (Å²) in [5.41, 5.74) is 4.77. The lowest BCUT2D eigenvalue weighted by Crippen LogP contribution is -2.50. The van der Waals surface area contributed by atoms with Gasteiger partial charge < -0.3 is 14.9 Å². The molecule has 2 atom stereocenters. The van der Waals surface area contributed by atoms with Crippen LogP contribution in [0.5, 0.6) is 0 Å². The van der Waals surface area contributed by atoms with Gasteiger partial charge in [-0.1, -0.05) is 11.9 Å². The summed E-state index contributed by atoms with van der Waals surface area (Å²) in [7, 11) is 0. The number of piperidine rings is 1. The van der Waals surface area contributed by atoms with Crippen LogP contribution < -0.4 is 10.0 Å². The predicted octanol–water partition coefficient (Wildman–Crippen LogP) is 4.02. The zero-order valence-electron chi connectivity index (χ0n) is 20.2. The van der Waals surface area contributed by atoms with Crippen molar-refractivity contribution in [2.24, 2.45) is 0 Å². The van der Waals surface area contributed by atoms with Crippen molar-refractivity contribution < 1.29 is 4.79 Å². The molecule has 0 saturated carbocycles. The number of fused-ring (bicyclic) bond motifs is 1. The number of anilines is 3. The topological polar surface area (TPSA) is 99.2 Å². The van der Waals surface area contributed by atoms with Gasteiger partial charge in [0.25, 0.3) is 5.91 Å². The van der Waals surface area contributed by atoms with Crippen LogP contribution in [0.1, 0.15) is 47.1 Å². The van der Waals surface area contributed by atoms with E-state index in [0.717, 1.165) is 49.6 Å². The molecule has 0 aromatic carbocycles. The first kappa shape index (κ1) is 23.5. The Morgan fingerprint density at radius 3 is 2.80 bits per heavy atom. The van der Waals surface area contributed by atoms with Gasteiger partial charge in [-0.05, 0) is 51.0 Å². The van der Waals surface area contributed by atoms with Crippen LogP contribution in [0.3, 0.4) is 0 Å². The Balaban J connectivity index is 1.20. The fraction of sp³-hybridized carbons (Fsp3) is 0.400. The highest BCUT2D eigenvalue weighted by molar-refractivity contribution is 7.99. The van der Waals surface area contributed by atoms with Crippen LogP contribution in [0.25, 0.3) is 0 Å². The fourth-order valence-corrected chi connectivity index (χ4v) is 5.16. The van der Waals surface area contributed by atoms with Gasteiger partial charge in [0.15, 0.2) is 0 Å². The van der Waals surface area contributed by atoms with Crippen LogP contribution in [0.15, 0.2) is 42.9 Å². The highest BCUT2D eigenvalue weighted by atomic mass is 32.2. The molecule has 1 fully saturated rings. The summed E-state index contributed by atoms with van der Waals surface area (Å²) in [6.45, 7) is 6.50. The van der Waals surface area contributed by atoms with Crippen molar-refractivity contribution in [1.82, 2.24) is 29.7 Å². The molecule has 5 heterocycles. The van der Waals surface area contributed by atoms with Gasteiger partial charge in [0.2, 0.25) is 5.95 Å². The maximum Gasteiger partial charge on any atom is 0.254 e. The van der Waals surface area contributed by atoms with Crippen molar-refractivity contribution in [2.75, 3.05) is 22.8 Å². The van der Waals surface area contributed by atoms with E-state index in [0.29, 0.717) is 23.4 Å². The Hall–Kier alpha value is -3.24. The second kappa shape index (κ2) is 10.2. The van der Waals surface area contributed by atoms with Crippen molar-refractivity contribution >= 4 is 35.3 Å². The highest BCUT2D eigenvalue weighted by Crippen LogP contribution is 2.30. The number of hydrogen-bond acceptors (Lipinski definition) is 9. The summed E-state index contributed by atoms with van der Waals surface area (Å²) >= 11 is 1.46. The van der Waals surface area contributed by atoms with E-state index < -0.39 is 0 Å². The number of aromatic nitrogens is 4. The Morgan fingerprint density at radius 1 is 1.14 bits per heavy atom. The predicted molar refractivity (Wildman–Crippen MR) is 138 cm³/mol. The molecule has 2 aliphatic rings. The number of aryl methyl sites for hydroxylation is 1. The van der Waals surface area contributed by atoms with E-state index in [2.05, 4.69) is 36.8 Å². The molecular weight excluding hydrogens is 460 g/mol. The third-order valence-electron chi connectivity index (χ3n) is 6.69. The molecule has 5 rings (SSSR count). The van der Waals surface area contributed by atoms with Gasteiger partial charge in [-0.25, -0.2) is 15.0 Å². The zero-order valence-corrected chi connectivity index (χ0v) is 21.0. The first-order chi connectivity index (χ1) is 17.0. The van der Waals surface area contributed by atoms with E-state index in [1.165, 1.54) is 17.5 Å². The molecule has 0 unspecified atom stereocenters. The number of nitrogens with zero attached hydrogens (tertiary/aromatic N) is 6. The summed E-state index contributed by atoms with van der Waals surface area (Å²) in [4.78, 5) is 35.5. The molecule has 3 aromatic rings. The van der Waals surface area contributed by atoms with Gasteiger partial charge in [0.05, 0.1) is 17.6 Å². The summed E-state index contributed by atoms with van der Waals surface area (Å²) in [6, 6.07) is 8.13. The lowest BCUT2D eigenvalue weighted by Gasteiger charge is -2.41. The van der Waals surface area contributed by atoms with Crippen molar-refractivity contribution in [3.63, 3.8) is 0 Å². The molecule has 35 heavy (non-hydrogen) atoms. The van der Waals surface area contributed by atoms with E-state index in [1.807, 2.05) is 42.5 Å². The van der Waals surface area contributed by atoms with Gasteiger partial charge in [0, 0.05) is 67.2 Å². The molecule has 0 spiro atoms. The van der Waals surface area contributed by atoms with Gasteiger partial charge in [-0.15, -0.1) is 0 Å². The van der Waals surface area contributed by atoms with E-state index in [-0.39, 0.29) is 11.9 Å². The normalized spacial score (nSPS) is 19.9. The summed E-state index contributed by atoms with van der Waals surface area (Å²) < 4.78 is 3.10. The molecule has 182 valence electrons. The maximum atomic E-state index is 13.2. The average molecular weight is 491 g/mol. The minimum Gasteiger partial charge on any atom is -0.336 e. The minimum absolute atomic E-state index is 0.0689. The van der Waals surface area contributed by atoms with Gasteiger partial charge in [0.1, 0.15) is 5.82 Å². The number of carbonyl (C=O) groups is 1. The third-order valence-corrected chi connectivity index (χ3v) is 7.10. The van der Waals surface area contributed by atoms with Gasteiger partial charge >= 0.3 is 0 Å².